The summed E-state index contributed by atoms with van der Waals surface area (Å²) in [4.78, 5) is 1.22. The van der Waals surface area contributed by atoms with Crippen molar-refractivity contribution in [2.24, 2.45) is 0 Å². The molecule has 0 spiro atoms. The third-order valence-electron chi connectivity index (χ3n) is 2.43. The van der Waals surface area contributed by atoms with Gasteiger partial charge in [-0.15, -0.1) is 17.7 Å². The third-order valence-corrected chi connectivity index (χ3v) is 3.90. The number of rotatable bonds is 4. The topological polar surface area (TPSA) is 9.23 Å². The largest absolute Gasteiger partial charge is 0.377 e. The lowest BCUT2D eigenvalue weighted by Gasteiger charge is -2.28. The number of thioether (sulfide) groups is 1. The van der Waals surface area contributed by atoms with Gasteiger partial charge in [-0.1, -0.05) is 24.1 Å². The first-order chi connectivity index (χ1) is 7.60. The molecule has 0 fully saturated rings. The van der Waals surface area contributed by atoms with Crippen LogP contribution in [0.5, 0.6) is 0 Å². The first-order valence-electron chi connectivity index (χ1n) is 5.29. The molecule has 1 unspecified atom stereocenters. The molecule has 1 aromatic carbocycles. The predicted molar refractivity (Wildman–Crippen MR) is 70.6 cm³/mol. The Morgan fingerprint density at radius 1 is 1.25 bits per heavy atom. The summed E-state index contributed by atoms with van der Waals surface area (Å²) in [5.41, 5.74) is -0.247. The minimum Gasteiger partial charge on any atom is -0.377 e. The van der Waals surface area contributed by atoms with E-state index < -0.39 is 0 Å². The van der Waals surface area contributed by atoms with Crippen LogP contribution in [-0.2, 0) is 4.74 Å². The summed E-state index contributed by atoms with van der Waals surface area (Å²) in [5.74, 6) is 6.19. The Bertz CT molecular complexity index is 373. The molecule has 0 N–H and O–H groups in total. The van der Waals surface area contributed by atoms with Crippen molar-refractivity contribution in [3.05, 3.63) is 30.3 Å². The molecular weight excluding hydrogens is 216 g/mol. The SMILES string of the molecule is CC#CC(Sc1ccccc1)C(C)(C)OC. The normalized spacial score (nSPS) is 12.8. The van der Waals surface area contributed by atoms with Gasteiger partial charge in [0.05, 0.1) is 10.9 Å². The molecule has 0 heterocycles. The summed E-state index contributed by atoms with van der Waals surface area (Å²) < 4.78 is 5.50. The lowest BCUT2D eigenvalue weighted by Crippen LogP contribution is -2.34. The maximum Gasteiger partial charge on any atom is 0.0987 e. The van der Waals surface area contributed by atoms with Crippen molar-refractivity contribution >= 4 is 11.8 Å². The fourth-order valence-corrected chi connectivity index (χ4v) is 2.36. The van der Waals surface area contributed by atoms with Crippen LogP contribution in [0.2, 0.25) is 0 Å². The highest BCUT2D eigenvalue weighted by Gasteiger charge is 2.28. The Hall–Kier alpha value is -0.910. The van der Waals surface area contributed by atoms with Crippen LogP contribution in [0.25, 0.3) is 0 Å². The van der Waals surface area contributed by atoms with E-state index in [1.54, 1.807) is 18.9 Å². The molecule has 0 saturated carbocycles. The van der Waals surface area contributed by atoms with Gasteiger partial charge >= 0.3 is 0 Å². The third kappa shape index (κ3) is 3.59. The van der Waals surface area contributed by atoms with Crippen molar-refractivity contribution in [2.75, 3.05) is 7.11 Å². The highest BCUT2D eigenvalue weighted by Crippen LogP contribution is 2.31. The highest BCUT2D eigenvalue weighted by atomic mass is 32.2. The quantitative estimate of drug-likeness (QED) is 0.581. The number of ether oxygens (including phenoxy) is 1. The summed E-state index contributed by atoms with van der Waals surface area (Å²) in [6.45, 7) is 6.00. The highest BCUT2D eigenvalue weighted by molar-refractivity contribution is 8.00. The lowest BCUT2D eigenvalue weighted by atomic mass is 10.1. The maximum atomic E-state index is 5.50. The van der Waals surface area contributed by atoms with E-state index in [-0.39, 0.29) is 10.9 Å². The minimum absolute atomic E-state index is 0.143. The summed E-state index contributed by atoms with van der Waals surface area (Å²) in [5, 5.41) is 0.143. The zero-order valence-electron chi connectivity index (χ0n) is 10.3. The molecule has 0 radical (unpaired) electrons. The van der Waals surface area contributed by atoms with Crippen molar-refractivity contribution in [3.63, 3.8) is 0 Å². The zero-order valence-corrected chi connectivity index (χ0v) is 11.1. The average molecular weight is 234 g/mol. The first kappa shape index (κ1) is 13.2. The van der Waals surface area contributed by atoms with Gasteiger partial charge in [-0.3, -0.25) is 0 Å². The van der Waals surface area contributed by atoms with Crippen LogP contribution in [0.15, 0.2) is 35.2 Å². The van der Waals surface area contributed by atoms with E-state index in [0.717, 1.165) is 0 Å². The molecule has 2 heteroatoms. The van der Waals surface area contributed by atoms with E-state index in [1.807, 2.05) is 25.1 Å². The number of methoxy groups -OCH3 is 1. The van der Waals surface area contributed by atoms with Crippen LogP contribution >= 0.6 is 11.8 Å². The molecule has 0 aromatic heterocycles. The predicted octanol–water partition coefficient (Wildman–Crippen LogP) is 3.60. The number of benzene rings is 1. The van der Waals surface area contributed by atoms with Crippen molar-refractivity contribution in [3.8, 4) is 11.8 Å². The van der Waals surface area contributed by atoms with E-state index in [0.29, 0.717) is 0 Å². The van der Waals surface area contributed by atoms with E-state index in [1.165, 1.54) is 4.90 Å². The molecule has 0 aliphatic rings. The monoisotopic (exact) mass is 234 g/mol. The van der Waals surface area contributed by atoms with Crippen LogP contribution in [-0.4, -0.2) is 18.0 Å². The van der Waals surface area contributed by atoms with Crippen LogP contribution < -0.4 is 0 Å². The Kier molecular flexibility index (Phi) is 4.92. The molecular formula is C14H18OS. The van der Waals surface area contributed by atoms with Crippen molar-refractivity contribution < 1.29 is 4.74 Å². The van der Waals surface area contributed by atoms with Crippen molar-refractivity contribution in [1.29, 1.82) is 0 Å². The molecule has 1 aromatic rings. The Morgan fingerprint density at radius 2 is 1.88 bits per heavy atom. The number of hydrogen-bond donors (Lipinski definition) is 0. The molecule has 0 aliphatic heterocycles. The van der Waals surface area contributed by atoms with Crippen LogP contribution in [0.1, 0.15) is 20.8 Å². The standard InChI is InChI=1S/C14H18OS/c1-5-9-13(14(2,3)15-4)16-12-10-7-6-8-11-12/h6-8,10-11,13H,1-4H3. The molecule has 0 aliphatic carbocycles. The molecule has 16 heavy (non-hydrogen) atoms. The van der Waals surface area contributed by atoms with Gasteiger partial charge in [-0.05, 0) is 32.9 Å². The average Bonchev–Trinajstić information content (AvgIpc) is 2.30. The lowest BCUT2D eigenvalue weighted by molar-refractivity contribution is 0.0317. The molecule has 0 saturated heterocycles. The maximum absolute atomic E-state index is 5.50. The Morgan fingerprint density at radius 3 is 2.38 bits per heavy atom. The van der Waals surface area contributed by atoms with Gasteiger partial charge in [0.15, 0.2) is 0 Å². The first-order valence-corrected chi connectivity index (χ1v) is 6.17. The van der Waals surface area contributed by atoms with Gasteiger partial charge in [-0.2, -0.15) is 0 Å². The summed E-state index contributed by atoms with van der Waals surface area (Å²) in [6, 6.07) is 10.3. The molecule has 1 atom stereocenters. The number of hydrogen-bond acceptors (Lipinski definition) is 2. The van der Waals surface area contributed by atoms with Crippen LogP contribution in [0.3, 0.4) is 0 Å². The van der Waals surface area contributed by atoms with Crippen LogP contribution in [0.4, 0.5) is 0 Å². The van der Waals surface area contributed by atoms with Crippen molar-refractivity contribution in [2.45, 2.75) is 36.5 Å². The smallest absolute Gasteiger partial charge is 0.0987 e. The summed E-state index contributed by atoms with van der Waals surface area (Å²) in [6.07, 6.45) is 0. The molecule has 1 rings (SSSR count). The van der Waals surface area contributed by atoms with Gasteiger partial charge in [0.2, 0.25) is 0 Å². The van der Waals surface area contributed by atoms with Gasteiger partial charge in [0.1, 0.15) is 0 Å². The van der Waals surface area contributed by atoms with E-state index in [4.69, 9.17) is 4.74 Å². The van der Waals surface area contributed by atoms with Gasteiger partial charge < -0.3 is 4.74 Å². The molecule has 1 nitrogen and oxygen atoms in total. The van der Waals surface area contributed by atoms with E-state index in [2.05, 4.69) is 37.8 Å². The minimum atomic E-state index is -0.247. The van der Waals surface area contributed by atoms with Gasteiger partial charge in [0.25, 0.3) is 0 Å². The fourth-order valence-electron chi connectivity index (χ4n) is 1.22. The van der Waals surface area contributed by atoms with E-state index in [9.17, 15) is 0 Å². The Balaban J connectivity index is 2.84. The molecule has 0 amide bonds. The van der Waals surface area contributed by atoms with Crippen molar-refractivity contribution in [1.82, 2.24) is 0 Å². The molecule has 86 valence electrons. The fraction of sp³-hybridized carbons (Fsp3) is 0.429. The van der Waals surface area contributed by atoms with Gasteiger partial charge in [0, 0.05) is 12.0 Å². The second kappa shape index (κ2) is 5.98. The molecule has 0 bridgehead atoms. The second-order valence-electron chi connectivity index (χ2n) is 4.01. The van der Waals surface area contributed by atoms with E-state index >= 15 is 0 Å². The van der Waals surface area contributed by atoms with Crippen LogP contribution in [0, 0.1) is 11.8 Å². The Labute approximate surface area is 103 Å². The zero-order chi connectivity index (χ0) is 12.0. The summed E-state index contributed by atoms with van der Waals surface area (Å²) in [7, 11) is 1.73. The van der Waals surface area contributed by atoms with Gasteiger partial charge in [-0.25, -0.2) is 0 Å². The summed E-state index contributed by atoms with van der Waals surface area (Å²) >= 11 is 1.75. The second-order valence-corrected chi connectivity index (χ2v) is 5.19.